The molecule has 146 valence electrons. The smallest absolute Gasteiger partial charge is 0.246 e. The van der Waals surface area contributed by atoms with E-state index in [9.17, 15) is 14.0 Å². The number of amides is 1. The summed E-state index contributed by atoms with van der Waals surface area (Å²) in [6, 6.07) is 12.0. The van der Waals surface area contributed by atoms with Gasteiger partial charge in [-0.15, -0.1) is 0 Å². The van der Waals surface area contributed by atoms with Gasteiger partial charge in [0.15, 0.2) is 5.78 Å². The zero-order valence-corrected chi connectivity index (χ0v) is 17.1. The Bertz CT molecular complexity index is 891. The van der Waals surface area contributed by atoms with Gasteiger partial charge in [0.1, 0.15) is 5.82 Å². The van der Waals surface area contributed by atoms with Gasteiger partial charge >= 0.3 is 0 Å². The van der Waals surface area contributed by atoms with Crippen molar-refractivity contribution in [2.24, 2.45) is 0 Å². The lowest BCUT2D eigenvalue weighted by atomic mass is 10.1. The summed E-state index contributed by atoms with van der Waals surface area (Å²) in [5.41, 5.74) is 5.24. The first-order valence-corrected chi connectivity index (χ1v) is 9.76. The van der Waals surface area contributed by atoms with Crippen molar-refractivity contribution in [3.63, 3.8) is 0 Å². The Hall–Kier alpha value is -2.51. The second-order valence-electron chi connectivity index (χ2n) is 6.56. The van der Waals surface area contributed by atoms with E-state index in [-0.39, 0.29) is 17.5 Å². The minimum Gasteiger partial charge on any atom is -0.336 e. The van der Waals surface area contributed by atoms with E-state index < -0.39 is 0 Å². The summed E-state index contributed by atoms with van der Waals surface area (Å²) in [5.74, 6) is -0.467. The molecular weight excluding hydrogens is 425 g/mol. The van der Waals surface area contributed by atoms with E-state index in [1.165, 1.54) is 25.1 Å². The van der Waals surface area contributed by atoms with E-state index in [2.05, 4.69) is 21.4 Å². The number of rotatable bonds is 5. The Morgan fingerprint density at radius 3 is 2.36 bits per heavy atom. The molecule has 2 aromatic carbocycles. The molecule has 1 aliphatic rings. The van der Waals surface area contributed by atoms with E-state index in [1.54, 1.807) is 29.2 Å². The van der Waals surface area contributed by atoms with Crippen LogP contribution in [-0.4, -0.2) is 47.8 Å². The predicted octanol–water partition coefficient (Wildman–Crippen LogP) is 3.98. The first kappa shape index (κ1) is 20.2. The summed E-state index contributed by atoms with van der Waals surface area (Å²) in [4.78, 5) is 25.4. The SMILES string of the molecule is CC(=O)c1ccc(NN2CCN(C(=O)/C=C/c3ccc(Br)cc3F)CC2)cc1. The molecule has 0 aliphatic carbocycles. The van der Waals surface area contributed by atoms with Crippen LogP contribution in [0.25, 0.3) is 6.08 Å². The molecule has 1 saturated heterocycles. The summed E-state index contributed by atoms with van der Waals surface area (Å²) in [6.45, 7) is 4.02. The monoisotopic (exact) mass is 445 g/mol. The van der Waals surface area contributed by atoms with E-state index in [0.29, 0.717) is 41.8 Å². The molecule has 0 saturated carbocycles. The predicted molar refractivity (Wildman–Crippen MR) is 111 cm³/mol. The van der Waals surface area contributed by atoms with Crippen molar-refractivity contribution in [3.8, 4) is 0 Å². The topological polar surface area (TPSA) is 52.7 Å². The highest BCUT2D eigenvalue weighted by Gasteiger charge is 2.19. The lowest BCUT2D eigenvalue weighted by molar-refractivity contribution is -0.127. The van der Waals surface area contributed by atoms with Crippen LogP contribution in [0.4, 0.5) is 10.1 Å². The number of halogens is 2. The Morgan fingerprint density at radius 1 is 1.07 bits per heavy atom. The van der Waals surface area contributed by atoms with Crippen LogP contribution in [0.3, 0.4) is 0 Å². The molecule has 0 atom stereocenters. The van der Waals surface area contributed by atoms with Gasteiger partial charge in [-0.05, 0) is 49.4 Å². The minimum atomic E-state index is -0.372. The fraction of sp³-hybridized carbons (Fsp3) is 0.238. The average Bonchev–Trinajstić information content (AvgIpc) is 2.68. The molecule has 1 N–H and O–H groups in total. The summed E-state index contributed by atoms with van der Waals surface area (Å²) >= 11 is 3.21. The van der Waals surface area contributed by atoms with Gasteiger partial charge in [-0.25, -0.2) is 9.40 Å². The number of Topliss-reactive ketones (excluding diaryl/α,β-unsaturated/α-hetero) is 1. The van der Waals surface area contributed by atoms with E-state index >= 15 is 0 Å². The number of hydrogen-bond donors (Lipinski definition) is 1. The molecule has 0 radical (unpaired) electrons. The van der Waals surface area contributed by atoms with Crippen LogP contribution in [-0.2, 0) is 4.79 Å². The molecule has 2 aromatic rings. The van der Waals surface area contributed by atoms with Gasteiger partial charge in [-0.1, -0.05) is 22.0 Å². The van der Waals surface area contributed by atoms with E-state index in [4.69, 9.17) is 0 Å². The van der Waals surface area contributed by atoms with Crippen LogP contribution in [0.2, 0.25) is 0 Å². The van der Waals surface area contributed by atoms with Crippen LogP contribution in [0.15, 0.2) is 53.0 Å². The summed E-state index contributed by atoms with van der Waals surface area (Å²) < 4.78 is 14.5. The van der Waals surface area contributed by atoms with Crippen molar-refractivity contribution in [1.82, 2.24) is 9.91 Å². The molecule has 28 heavy (non-hydrogen) atoms. The molecule has 7 heteroatoms. The lowest BCUT2D eigenvalue weighted by Crippen LogP contribution is -2.50. The van der Waals surface area contributed by atoms with Gasteiger partial charge < -0.3 is 10.3 Å². The van der Waals surface area contributed by atoms with Gasteiger partial charge in [0.2, 0.25) is 5.91 Å². The maximum atomic E-state index is 13.8. The molecule has 0 bridgehead atoms. The van der Waals surface area contributed by atoms with Crippen molar-refractivity contribution in [2.45, 2.75) is 6.92 Å². The fourth-order valence-electron chi connectivity index (χ4n) is 2.90. The van der Waals surface area contributed by atoms with Gasteiger partial charge in [-0.2, -0.15) is 0 Å². The third-order valence-electron chi connectivity index (χ3n) is 4.54. The van der Waals surface area contributed by atoms with Crippen LogP contribution < -0.4 is 5.43 Å². The number of hydrogen-bond acceptors (Lipinski definition) is 4. The van der Waals surface area contributed by atoms with Crippen molar-refractivity contribution < 1.29 is 14.0 Å². The Kier molecular flexibility index (Phi) is 6.59. The Balaban J connectivity index is 1.51. The fourth-order valence-corrected chi connectivity index (χ4v) is 3.24. The lowest BCUT2D eigenvalue weighted by Gasteiger charge is -2.34. The van der Waals surface area contributed by atoms with Crippen molar-refractivity contribution in [3.05, 3.63) is 70.0 Å². The van der Waals surface area contributed by atoms with Crippen LogP contribution in [0.1, 0.15) is 22.8 Å². The van der Waals surface area contributed by atoms with Crippen LogP contribution in [0.5, 0.6) is 0 Å². The molecule has 1 amide bonds. The number of ketones is 1. The van der Waals surface area contributed by atoms with Crippen molar-refractivity contribution in [2.75, 3.05) is 31.6 Å². The molecule has 5 nitrogen and oxygen atoms in total. The number of benzene rings is 2. The van der Waals surface area contributed by atoms with Gasteiger partial charge in [0.05, 0.1) is 0 Å². The summed E-state index contributed by atoms with van der Waals surface area (Å²) in [5, 5.41) is 2.03. The number of hydrazine groups is 1. The molecule has 1 heterocycles. The maximum Gasteiger partial charge on any atom is 0.246 e. The van der Waals surface area contributed by atoms with Crippen LogP contribution >= 0.6 is 15.9 Å². The number of carbonyl (C=O) groups excluding carboxylic acids is 2. The average molecular weight is 446 g/mol. The molecule has 1 aliphatic heterocycles. The van der Waals surface area contributed by atoms with Crippen molar-refractivity contribution >= 4 is 39.4 Å². The van der Waals surface area contributed by atoms with Gasteiger partial charge in [0, 0.05) is 53.5 Å². The molecule has 1 fully saturated rings. The number of nitrogens with zero attached hydrogens (tertiary/aromatic N) is 2. The summed E-state index contributed by atoms with van der Waals surface area (Å²) in [7, 11) is 0. The first-order valence-electron chi connectivity index (χ1n) is 8.97. The third kappa shape index (κ3) is 5.27. The first-order chi connectivity index (χ1) is 13.4. The van der Waals surface area contributed by atoms with Crippen molar-refractivity contribution in [1.29, 1.82) is 0 Å². The second-order valence-corrected chi connectivity index (χ2v) is 7.47. The van der Waals surface area contributed by atoms with Gasteiger partial charge in [-0.3, -0.25) is 9.59 Å². The van der Waals surface area contributed by atoms with Gasteiger partial charge in [0.25, 0.3) is 0 Å². The number of anilines is 1. The highest BCUT2D eigenvalue weighted by atomic mass is 79.9. The van der Waals surface area contributed by atoms with E-state index in [0.717, 1.165) is 5.69 Å². The van der Waals surface area contributed by atoms with Crippen LogP contribution in [0, 0.1) is 5.82 Å². The standard InChI is InChI=1S/C21H21BrFN3O2/c1-15(27)16-3-7-19(8-4-16)24-26-12-10-25(11-13-26)21(28)9-5-17-2-6-18(22)14-20(17)23/h2-9,14,24H,10-13H2,1H3/b9-5+. The third-order valence-corrected chi connectivity index (χ3v) is 5.03. The summed E-state index contributed by atoms with van der Waals surface area (Å²) in [6.07, 6.45) is 2.92. The number of nitrogens with one attached hydrogen (secondary N) is 1. The molecular formula is C21H21BrFN3O2. The normalized spacial score (nSPS) is 15.0. The zero-order chi connectivity index (χ0) is 20.1. The largest absolute Gasteiger partial charge is 0.336 e. The minimum absolute atomic E-state index is 0.0368. The highest BCUT2D eigenvalue weighted by molar-refractivity contribution is 9.10. The quantitative estimate of drug-likeness (QED) is 0.558. The molecule has 3 rings (SSSR count). The Morgan fingerprint density at radius 2 is 1.75 bits per heavy atom. The molecule has 0 unspecified atom stereocenters. The molecule has 0 aromatic heterocycles. The number of piperazine rings is 1. The number of carbonyl (C=O) groups is 2. The highest BCUT2D eigenvalue weighted by Crippen LogP contribution is 2.17. The maximum absolute atomic E-state index is 13.8. The second kappa shape index (κ2) is 9.12. The van der Waals surface area contributed by atoms with E-state index in [1.807, 2.05) is 17.1 Å². The molecule has 0 spiro atoms. The zero-order valence-electron chi connectivity index (χ0n) is 15.5. The Labute approximate surface area is 171 Å².